The summed E-state index contributed by atoms with van der Waals surface area (Å²) in [5.74, 6) is -0.138. The quantitative estimate of drug-likeness (QED) is 0.613. The predicted octanol–water partition coefficient (Wildman–Crippen LogP) is 0.630. The number of morpholine rings is 1. The molecule has 2 atom stereocenters. The zero-order chi connectivity index (χ0) is 15.2. The third-order valence-electron chi connectivity index (χ3n) is 3.48. The van der Waals surface area contributed by atoms with E-state index in [-0.39, 0.29) is 23.7 Å². The minimum Gasteiger partial charge on any atom is -0.375 e. The number of ether oxygens (including phenoxy) is 1. The SMILES string of the molecule is C[C@H]1OCCN[C@@H]1C(=O)NCCc1ccccc1[N+](=O)[O-]. The molecule has 1 saturated heterocycles. The first kappa shape index (κ1) is 15.4. The van der Waals surface area contributed by atoms with Gasteiger partial charge in [0.05, 0.1) is 17.6 Å². The third-order valence-corrected chi connectivity index (χ3v) is 3.48. The predicted molar refractivity (Wildman–Crippen MR) is 77.0 cm³/mol. The highest BCUT2D eigenvalue weighted by Crippen LogP contribution is 2.17. The maximum Gasteiger partial charge on any atom is 0.272 e. The van der Waals surface area contributed by atoms with Gasteiger partial charge in [0, 0.05) is 24.7 Å². The lowest BCUT2D eigenvalue weighted by Crippen LogP contribution is -2.55. The lowest BCUT2D eigenvalue weighted by Gasteiger charge is -2.29. The number of nitro benzene ring substituents is 1. The van der Waals surface area contributed by atoms with Crippen molar-refractivity contribution in [2.75, 3.05) is 19.7 Å². The molecule has 1 aromatic carbocycles. The molecule has 0 bridgehead atoms. The summed E-state index contributed by atoms with van der Waals surface area (Å²) in [6.45, 7) is 3.45. The fourth-order valence-corrected chi connectivity index (χ4v) is 2.36. The number of nitrogens with one attached hydrogen (secondary N) is 2. The zero-order valence-electron chi connectivity index (χ0n) is 11.9. The van der Waals surface area contributed by atoms with Crippen molar-refractivity contribution in [2.24, 2.45) is 0 Å². The van der Waals surface area contributed by atoms with Gasteiger partial charge in [-0.15, -0.1) is 0 Å². The van der Waals surface area contributed by atoms with Crippen LogP contribution in [-0.4, -0.2) is 42.7 Å². The number of hydrogen-bond acceptors (Lipinski definition) is 5. The van der Waals surface area contributed by atoms with E-state index in [4.69, 9.17) is 4.74 Å². The molecule has 1 aliphatic rings. The summed E-state index contributed by atoms with van der Waals surface area (Å²) in [6.07, 6.45) is 0.245. The van der Waals surface area contributed by atoms with E-state index in [2.05, 4.69) is 10.6 Å². The normalized spacial score (nSPS) is 21.8. The number of hydrogen-bond donors (Lipinski definition) is 2. The van der Waals surface area contributed by atoms with Crippen LogP contribution in [0.1, 0.15) is 12.5 Å². The number of carbonyl (C=O) groups is 1. The van der Waals surface area contributed by atoms with Crippen LogP contribution in [0, 0.1) is 10.1 Å². The second-order valence-corrected chi connectivity index (χ2v) is 4.93. The minimum absolute atomic E-state index is 0.0826. The van der Waals surface area contributed by atoms with Crippen LogP contribution in [0.5, 0.6) is 0 Å². The molecule has 1 aromatic rings. The van der Waals surface area contributed by atoms with Crippen molar-refractivity contribution in [3.63, 3.8) is 0 Å². The van der Waals surface area contributed by atoms with Gasteiger partial charge in [-0.2, -0.15) is 0 Å². The monoisotopic (exact) mass is 293 g/mol. The summed E-state index contributed by atoms with van der Waals surface area (Å²) >= 11 is 0. The lowest BCUT2D eigenvalue weighted by molar-refractivity contribution is -0.385. The highest BCUT2D eigenvalue weighted by molar-refractivity contribution is 5.82. The first-order valence-electron chi connectivity index (χ1n) is 6.94. The van der Waals surface area contributed by atoms with E-state index in [1.165, 1.54) is 6.07 Å². The Labute approximate surface area is 122 Å². The lowest BCUT2D eigenvalue weighted by atomic mass is 10.1. The van der Waals surface area contributed by atoms with E-state index >= 15 is 0 Å². The Balaban J connectivity index is 1.87. The number of rotatable bonds is 5. The molecule has 1 fully saturated rings. The number of para-hydroxylation sites is 1. The molecular weight excluding hydrogens is 274 g/mol. The van der Waals surface area contributed by atoms with E-state index < -0.39 is 4.92 Å². The Bertz CT molecular complexity index is 521. The molecule has 0 radical (unpaired) electrons. The second-order valence-electron chi connectivity index (χ2n) is 4.93. The van der Waals surface area contributed by atoms with Gasteiger partial charge in [0.15, 0.2) is 0 Å². The molecule has 2 N–H and O–H groups in total. The van der Waals surface area contributed by atoms with Crippen molar-refractivity contribution in [3.05, 3.63) is 39.9 Å². The van der Waals surface area contributed by atoms with Crippen molar-refractivity contribution in [2.45, 2.75) is 25.5 Å². The molecule has 1 aliphatic heterocycles. The zero-order valence-corrected chi connectivity index (χ0v) is 11.9. The van der Waals surface area contributed by atoms with E-state index in [9.17, 15) is 14.9 Å². The smallest absolute Gasteiger partial charge is 0.272 e. The van der Waals surface area contributed by atoms with Crippen LogP contribution in [0.25, 0.3) is 0 Å². The fourth-order valence-electron chi connectivity index (χ4n) is 2.36. The van der Waals surface area contributed by atoms with Crippen molar-refractivity contribution in [1.82, 2.24) is 10.6 Å². The van der Waals surface area contributed by atoms with Crippen LogP contribution >= 0.6 is 0 Å². The van der Waals surface area contributed by atoms with Crippen molar-refractivity contribution in [3.8, 4) is 0 Å². The van der Waals surface area contributed by atoms with Crippen LogP contribution < -0.4 is 10.6 Å². The molecule has 7 heteroatoms. The summed E-state index contributed by atoms with van der Waals surface area (Å²) < 4.78 is 5.41. The standard InChI is InChI=1S/C14H19N3O4/c1-10-13(15-8-9-21-10)14(18)16-7-6-11-4-2-3-5-12(11)17(19)20/h2-5,10,13,15H,6-9H2,1H3,(H,16,18)/t10-,13+/m1/s1. The Morgan fingerprint density at radius 3 is 3.00 bits per heavy atom. The van der Waals surface area contributed by atoms with E-state index in [1.807, 2.05) is 6.92 Å². The number of amides is 1. The van der Waals surface area contributed by atoms with Crippen molar-refractivity contribution >= 4 is 11.6 Å². The van der Waals surface area contributed by atoms with Gasteiger partial charge in [-0.1, -0.05) is 18.2 Å². The molecule has 114 valence electrons. The van der Waals surface area contributed by atoms with Crippen molar-refractivity contribution in [1.29, 1.82) is 0 Å². The number of nitro groups is 1. The van der Waals surface area contributed by atoms with E-state index in [0.717, 1.165) is 0 Å². The second kappa shape index (κ2) is 7.14. The summed E-state index contributed by atoms with van der Waals surface area (Å²) in [6, 6.07) is 6.18. The largest absolute Gasteiger partial charge is 0.375 e. The van der Waals surface area contributed by atoms with Crippen LogP contribution in [0.2, 0.25) is 0 Å². The highest BCUT2D eigenvalue weighted by atomic mass is 16.6. The number of nitrogens with zero attached hydrogens (tertiary/aromatic N) is 1. The molecule has 21 heavy (non-hydrogen) atoms. The van der Waals surface area contributed by atoms with Gasteiger partial charge in [-0.3, -0.25) is 14.9 Å². The van der Waals surface area contributed by atoms with Gasteiger partial charge in [-0.25, -0.2) is 0 Å². The third kappa shape index (κ3) is 3.99. The topological polar surface area (TPSA) is 93.5 Å². The molecule has 7 nitrogen and oxygen atoms in total. The van der Waals surface area contributed by atoms with Crippen LogP contribution in [0.15, 0.2) is 24.3 Å². The molecular formula is C14H19N3O4. The van der Waals surface area contributed by atoms with Crippen molar-refractivity contribution < 1.29 is 14.5 Å². The molecule has 1 heterocycles. The molecule has 0 saturated carbocycles. The van der Waals surface area contributed by atoms with Gasteiger partial charge in [0.2, 0.25) is 5.91 Å². The van der Waals surface area contributed by atoms with E-state index in [1.54, 1.807) is 18.2 Å². The summed E-state index contributed by atoms with van der Waals surface area (Å²) in [5, 5.41) is 16.8. The van der Waals surface area contributed by atoms with Crippen LogP contribution in [0.3, 0.4) is 0 Å². The maximum absolute atomic E-state index is 12.0. The van der Waals surface area contributed by atoms with Gasteiger partial charge < -0.3 is 15.4 Å². The van der Waals surface area contributed by atoms with Crippen LogP contribution in [0.4, 0.5) is 5.69 Å². The van der Waals surface area contributed by atoms with Gasteiger partial charge in [0.1, 0.15) is 6.04 Å². The molecule has 0 aromatic heterocycles. The molecule has 1 amide bonds. The Kier molecular flexibility index (Phi) is 5.24. The van der Waals surface area contributed by atoms with Gasteiger partial charge in [-0.05, 0) is 13.3 Å². The van der Waals surface area contributed by atoms with E-state index in [0.29, 0.717) is 31.7 Å². The first-order chi connectivity index (χ1) is 10.1. The maximum atomic E-state index is 12.0. The number of benzene rings is 1. The first-order valence-corrected chi connectivity index (χ1v) is 6.94. The Hall–Kier alpha value is -1.99. The number of carbonyl (C=O) groups excluding carboxylic acids is 1. The minimum atomic E-state index is -0.407. The molecule has 0 aliphatic carbocycles. The fraction of sp³-hybridized carbons (Fsp3) is 0.500. The molecule has 0 unspecified atom stereocenters. The molecule has 2 rings (SSSR count). The van der Waals surface area contributed by atoms with Gasteiger partial charge in [0.25, 0.3) is 5.69 Å². The van der Waals surface area contributed by atoms with Gasteiger partial charge >= 0.3 is 0 Å². The Morgan fingerprint density at radius 2 is 2.29 bits per heavy atom. The summed E-state index contributed by atoms with van der Waals surface area (Å²) in [5.41, 5.74) is 0.697. The highest BCUT2D eigenvalue weighted by Gasteiger charge is 2.27. The van der Waals surface area contributed by atoms with Crippen LogP contribution in [-0.2, 0) is 16.0 Å². The Morgan fingerprint density at radius 1 is 1.52 bits per heavy atom. The summed E-state index contributed by atoms with van der Waals surface area (Å²) in [7, 11) is 0. The molecule has 0 spiro atoms. The average molecular weight is 293 g/mol. The summed E-state index contributed by atoms with van der Waals surface area (Å²) in [4.78, 5) is 22.5. The average Bonchev–Trinajstić information content (AvgIpc) is 2.48.